The van der Waals surface area contributed by atoms with Gasteiger partial charge in [-0.05, 0) is 37.6 Å². The van der Waals surface area contributed by atoms with Crippen LogP contribution in [0.1, 0.15) is 53.4 Å². The molecule has 0 aromatic heterocycles. The quantitative estimate of drug-likeness (QED) is 0.572. The van der Waals surface area contributed by atoms with Crippen LogP contribution in [0.25, 0.3) is 0 Å². The Labute approximate surface area is 106 Å². The molecule has 0 aliphatic heterocycles. The van der Waals surface area contributed by atoms with Gasteiger partial charge in [-0.2, -0.15) is 0 Å². The van der Waals surface area contributed by atoms with Gasteiger partial charge in [-0.25, -0.2) is 0 Å². The average molecular weight is 263 g/mol. The summed E-state index contributed by atoms with van der Waals surface area (Å²) in [4.78, 5) is 3.50. The van der Waals surface area contributed by atoms with E-state index in [2.05, 4.69) is 37.3 Å². The number of nitrogens with one attached hydrogen (secondary N) is 2. The topological polar surface area (TPSA) is 33.3 Å². The smallest absolute Gasteiger partial charge is 0.327 e. The highest BCUT2D eigenvalue weighted by Gasteiger charge is 2.25. The molecule has 0 amide bonds. The van der Waals surface area contributed by atoms with E-state index in [0.29, 0.717) is 5.41 Å². The molecule has 0 aromatic carbocycles. The minimum Gasteiger partial charge on any atom is -0.394 e. The molecule has 98 valence electrons. The van der Waals surface area contributed by atoms with Crippen LogP contribution in [0.3, 0.4) is 0 Å². The minimum absolute atomic E-state index is 0.400. The summed E-state index contributed by atoms with van der Waals surface area (Å²) in [7, 11) is -0.292. The molecule has 0 heterocycles. The molecule has 0 aliphatic carbocycles. The van der Waals surface area contributed by atoms with Crippen LogP contribution in [0.15, 0.2) is 0 Å². The highest BCUT2D eigenvalue weighted by Crippen LogP contribution is 2.30. The molecule has 0 fully saturated rings. The second kappa shape index (κ2) is 9.35. The normalized spacial score (nSPS) is 14.2. The van der Waals surface area contributed by atoms with Gasteiger partial charge in [0.2, 0.25) is 0 Å². The van der Waals surface area contributed by atoms with Gasteiger partial charge in [-0.15, -0.1) is 0 Å². The lowest BCUT2D eigenvalue weighted by molar-refractivity contribution is 0.123. The van der Waals surface area contributed by atoms with Crippen LogP contribution in [-0.2, 0) is 4.43 Å². The predicted molar refractivity (Wildman–Crippen MR) is 77.8 cm³/mol. The molecular weight excluding hydrogens is 232 g/mol. The van der Waals surface area contributed by atoms with E-state index in [4.69, 9.17) is 4.43 Å². The molecule has 0 aromatic rings. The summed E-state index contributed by atoms with van der Waals surface area (Å²) in [5, 5.41) is 0. The first-order valence-electron chi connectivity index (χ1n) is 6.70. The van der Waals surface area contributed by atoms with Gasteiger partial charge in [0.15, 0.2) is 0 Å². The van der Waals surface area contributed by atoms with Crippen molar-refractivity contribution in [2.24, 2.45) is 5.41 Å². The Bertz CT molecular complexity index is 158. The van der Waals surface area contributed by atoms with E-state index >= 15 is 0 Å². The van der Waals surface area contributed by atoms with Crippen LogP contribution in [0.4, 0.5) is 0 Å². The lowest BCUT2D eigenvalue weighted by atomic mass is 9.81. The molecule has 2 N–H and O–H groups in total. The zero-order valence-corrected chi connectivity index (χ0v) is 14.9. The number of rotatable bonds is 10. The number of hydrogen-bond acceptors (Lipinski definition) is 3. The van der Waals surface area contributed by atoms with Gasteiger partial charge in [0.1, 0.15) is 0 Å². The fourth-order valence-corrected chi connectivity index (χ4v) is 4.51. The van der Waals surface area contributed by atoms with E-state index in [9.17, 15) is 0 Å². The second-order valence-corrected chi connectivity index (χ2v) is 8.31. The molecule has 16 heavy (non-hydrogen) atoms. The largest absolute Gasteiger partial charge is 0.394 e. The maximum Gasteiger partial charge on any atom is 0.327 e. The van der Waals surface area contributed by atoms with Crippen molar-refractivity contribution in [1.29, 1.82) is 0 Å². The molecule has 0 bridgehead atoms. The lowest BCUT2D eigenvalue weighted by Gasteiger charge is -2.32. The summed E-state index contributed by atoms with van der Waals surface area (Å²) in [5.74, 6) is 0. The van der Waals surface area contributed by atoms with Crippen LogP contribution in [0.5, 0.6) is 0 Å². The van der Waals surface area contributed by atoms with Crippen molar-refractivity contribution in [3.05, 3.63) is 0 Å². The van der Waals surface area contributed by atoms with Gasteiger partial charge in [-0.1, -0.05) is 27.7 Å². The van der Waals surface area contributed by atoms with Crippen molar-refractivity contribution < 1.29 is 4.43 Å². The summed E-state index contributed by atoms with van der Waals surface area (Å²) in [6, 6.07) is 0. The highest BCUT2D eigenvalue weighted by atomic mass is 28.3. The molecule has 0 radical (unpaired) electrons. The predicted octanol–water partition coefficient (Wildman–Crippen LogP) is 0.806. The maximum absolute atomic E-state index is 6.08. The summed E-state index contributed by atoms with van der Waals surface area (Å²) >= 11 is 0. The van der Waals surface area contributed by atoms with E-state index in [0.717, 1.165) is 23.6 Å². The van der Waals surface area contributed by atoms with Gasteiger partial charge < -0.3 is 14.1 Å². The molecule has 0 spiro atoms. The fraction of sp³-hybridized carbons (Fsp3) is 1.00. The molecule has 5 heteroatoms. The Morgan fingerprint density at radius 2 is 1.69 bits per heavy atom. The Hall–Kier alpha value is 0.314. The Morgan fingerprint density at radius 1 is 1.12 bits per heavy atom. The monoisotopic (exact) mass is 262 g/mol. The van der Waals surface area contributed by atoms with E-state index < -0.39 is 9.36 Å². The third kappa shape index (κ3) is 5.59. The first kappa shape index (κ1) is 16.3. The van der Waals surface area contributed by atoms with Gasteiger partial charge in [0.25, 0.3) is 0 Å². The second-order valence-electron chi connectivity index (χ2n) is 4.49. The number of hydrogen-bond donors (Lipinski definition) is 2. The zero-order valence-electron chi connectivity index (χ0n) is 11.7. The minimum atomic E-state index is -1.31. The summed E-state index contributed by atoms with van der Waals surface area (Å²) in [5.41, 5.74) is 0.400. The zero-order chi connectivity index (χ0) is 12.4. The van der Waals surface area contributed by atoms with E-state index in [1.165, 1.54) is 25.7 Å². The van der Waals surface area contributed by atoms with E-state index in [1.54, 1.807) is 0 Å². The summed E-state index contributed by atoms with van der Waals surface area (Å²) in [6.45, 7) is 11.0. The van der Waals surface area contributed by atoms with Crippen molar-refractivity contribution in [1.82, 2.24) is 9.63 Å². The van der Waals surface area contributed by atoms with Crippen LogP contribution >= 0.6 is 0 Å². The highest BCUT2D eigenvalue weighted by molar-refractivity contribution is 6.52. The maximum atomic E-state index is 6.08. The fourth-order valence-electron chi connectivity index (χ4n) is 1.84. The summed E-state index contributed by atoms with van der Waals surface area (Å²) < 4.78 is 9.51. The van der Waals surface area contributed by atoms with Crippen molar-refractivity contribution in [3.8, 4) is 0 Å². The molecule has 0 saturated carbocycles. The third-order valence-corrected chi connectivity index (χ3v) is 6.91. The molecule has 0 rings (SSSR count). The first-order chi connectivity index (χ1) is 7.67. The van der Waals surface area contributed by atoms with Crippen LogP contribution < -0.4 is 9.63 Å². The molecule has 0 aliphatic rings. The first-order valence-corrected chi connectivity index (χ1v) is 9.32. The van der Waals surface area contributed by atoms with Gasteiger partial charge in [-0.3, -0.25) is 0 Å². The van der Waals surface area contributed by atoms with Crippen LogP contribution in [0.2, 0.25) is 0 Å². The Balaban J connectivity index is 4.05. The van der Waals surface area contributed by atoms with Crippen molar-refractivity contribution >= 4 is 19.8 Å². The van der Waals surface area contributed by atoms with Crippen molar-refractivity contribution in [3.63, 3.8) is 0 Å². The SMILES string of the molecule is CCCN[SiH](N[SiH3])OCC(CC)(CC)CC. The van der Waals surface area contributed by atoms with Gasteiger partial charge in [0.05, 0.1) is 10.4 Å². The van der Waals surface area contributed by atoms with Crippen LogP contribution in [0, 0.1) is 5.41 Å². The Kier molecular flexibility index (Phi) is 9.54. The van der Waals surface area contributed by atoms with Crippen molar-refractivity contribution in [2.45, 2.75) is 53.4 Å². The van der Waals surface area contributed by atoms with Crippen molar-refractivity contribution in [2.75, 3.05) is 13.2 Å². The van der Waals surface area contributed by atoms with E-state index in [-0.39, 0.29) is 0 Å². The average Bonchev–Trinajstić information content (AvgIpc) is 2.35. The van der Waals surface area contributed by atoms with Crippen LogP contribution in [-0.4, -0.2) is 32.9 Å². The summed E-state index contributed by atoms with van der Waals surface area (Å²) in [6.07, 6.45) is 4.83. The van der Waals surface area contributed by atoms with Gasteiger partial charge >= 0.3 is 9.36 Å². The molecule has 1 unspecified atom stereocenters. The third-order valence-electron chi connectivity index (χ3n) is 3.65. The molecule has 1 atom stereocenters. The molecule has 0 saturated heterocycles. The van der Waals surface area contributed by atoms with Gasteiger partial charge in [0, 0.05) is 6.61 Å². The Morgan fingerprint density at radius 3 is 2.06 bits per heavy atom. The van der Waals surface area contributed by atoms with E-state index in [1.807, 2.05) is 0 Å². The molecule has 3 nitrogen and oxygen atoms in total. The standard InChI is InChI=1S/C11H30N2OSi2/c1-5-9-12-16(13-15)14-10-11(6-2,7-3)8-4/h12-13,16H,5-10H2,1-4,15H3. The lowest BCUT2D eigenvalue weighted by Crippen LogP contribution is -2.50. The molecular formula is C11H30N2OSi2.